The Morgan fingerprint density at radius 1 is 1.28 bits per heavy atom. The molecule has 2 heterocycles. The molecule has 1 aliphatic rings. The Labute approximate surface area is 107 Å². The van der Waals surface area contributed by atoms with Crippen molar-refractivity contribution in [3.05, 3.63) is 29.6 Å². The zero-order valence-corrected chi connectivity index (χ0v) is 10.7. The van der Waals surface area contributed by atoms with Crippen LogP contribution < -0.4 is 0 Å². The van der Waals surface area contributed by atoms with Gasteiger partial charge in [0.15, 0.2) is 0 Å². The molecule has 1 aliphatic heterocycles. The summed E-state index contributed by atoms with van der Waals surface area (Å²) < 4.78 is 0. The van der Waals surface area contributed by atoms with E-state index in [1.165, 1.54) is 0 Å². The molecule has 4 atom stereocenters. The van der Waals surface area contributed by atoms with Crippen molar-refractivity contribution >= 4 is 0 Å². The minimum atomic E-state index is -0.908. The molecule has 1 saturated heterocycles. The van der Waals surface area contributed by atoms with E-state index in [0.717, 1.165) is 11.4 Å². The highest BCUT2D eigenvalue weighted by Gasteiger charge is 2.44. The molecule has 0 spiro atoms. The van der Waals surface area contributed by atoms with Crippen LogP contribution >= 0.6 is 0 Å². The summed E-state index contributed by atoms with van der Waals surface area (Å²) in [6.07, 6.45) is -1.73. The number of aliphatic hydroxyl groups is 3. The Kier molecular flexibility index (Phi) is 3.97. The van der Waals surface area contributed by atoms with Crippen molar-refractivity contribution < 1.29 is 15.3 Å². The van der Waals surface area contributed by atoms with Crippen LogP contribution in [0.5, 0.6) is 0 Å². The number of hydrogen-bond donors (Lipinski definition) is 3. The first kappa shape index (κ1) is 13.4. The lowest BCUT2D eigenvalue weighted by Crippen LogP contribution is -2.40. The standard InChI is InChI=1S/C13H20N2O3/c1-8-4-3-5-10(14-8)6-15-9(2)12(17)13(18)11(15)7-16/h3-5,9,11-13,16-18H,6-7H2,1-2H3/t9-,11+,12-,13+/m0/s1. The first-order chi connectivity index (χ1) is 8.54. The molecule has 0 saturated carbocycles. The highest BCUT2D eigenvalue weighted by Crippen LogP contribution is 2.26. The third-order valence-electron chi connectivity index (χ3n) is 3.67. The van der Waals surface area contributed by atoms with Gasteiger partial charge in [-0.15, -0.1) is 0 Å². The van der Waals surface area contributed by atoms with Crippen molar-refractivity contribution in [3.63, 3.8) is 0 Å². The van der Waals surface area contributed by atoms with Crippen molar-refractivity contribution in [2.45, 2.75) is 44.7 Å². The van der Waals surface area contributed by atoms with Crippen LogP contribution in [0, 0.1) is 6.92 Å². The average molecular weight is 252 g/mol. The lowest BCUT2D eigenvalue weighted by molar-refractivity contribution is 0.0185. The number of nitrogens with zero attached hydrogens (tertiary/aromatic N) is 2. The average Bonchev–Trinajstić information content (AvgIpc) is 2.54. The summed E-state index contributed by atoms with van der Waals surface area (Å²) >= 11 is 0. The molecule has 0 radical (unpaired) electrons. The smallest absolute Gasteiger partial charge is 0.0991 e. The second kappa shape index (κ2) is 5.32. The summed E-state index contributed by atoms with van der Waals surface area (Å²) in [5.41, 5.74) is 1.81. The molecular formula is C13H20N2O3. The number of aryl methyl sites for hydroxylation is 1. The van der Waals surface area contributed by atoms with Gasteiger partial charge in [-0.25, -0.2) is 0 Å². The lowest BCUT2D eigenvalue weighted by Gasteiger charge is -2.27. The largest absolute Gasteiger partial charge is 0.395 e. The van der Waals surface area contributed by atoms with Gasteiger partial charge in [-0.1, -0.05) is 6.07 Å². The molecule has 0 aromatic carbocycles. The summed E-state index contributed by atoms with van der Waals surface area (Å²) in [4.78, 5) is 6.30. The zero-order valence-electron chi connectivity index (χ0n) is 10.7. The van der Waals surface area contributed by atoms with Gasteiger partial charge in [-0.05, 0) is 26.0 Å². The first-order valence-corrected chi connectivity index (χ1v) is 6.20. The minimum absolute atomic E-state index is 0.172. The van der Waals surface area contributed by atoms with E-state index in [4.69, 9.17) is 0 Å². The fraction of sp³-hybridized carbons (Fsp3) is 0.615. The highest BCUT2D eigenvalue weighted by atomic mass is 16.3. The van der Waals surface area contributed by atoms with E-state index in [9.17, 15) is 15.3 Å². The molecule has 18 heavy (non-hydrogen) atoms. The molecule has 1 aromatic heterocycles. The van der Waals surface area contributed by atoms with Crippen molar-refractivity contribution in [2.24, 2.45) is 0 Å². The molecule has 3 N–H and O–H groups in total. The molecule has 0 unspecified atom stereocenters. The van der Waals surface area contributed by atoms with Crippen LogP contribution in [0.25, 0.3) is 0 Å². The third kappa shape index (κ3) is 2.40. The van der Waals surface area contributed by atoms with Crippen molar-refractivity contribution in [1.29, 1.82) is 0 Å². The molecular weight excluding hydrogens is 232 g/mol. The number of pyridine rings is 1. The molecule has 0 amide bonds. The number of aromatic nitrogens is 1. The Morgan fingerprint density at radius 2 is 2.00 bits per heavy atom. The maximum Gasteiger partial charge on any atom is 0.0991 e. The summed E-state index contributed by atoms with van der Waals surface area (Å²) in [6, 6.07) is 5.13. The second-order valence-electron chi connectivity index (χ2n) is 4.91. The Morgan fingerprint density at radius 3 is 2.61 bits per heavy atom. The molecule has 1 aromatic rings. The van der Waals surface area contributed by atoms with E-state index in [1.54, 1.807) is 0 Å². The number of rotatable bonds is 3. The highest BCUT2D eigenvalue weighted by molar-refractivity contribution is 5.11. The molecule has 0 bridgehead atoms. The maximum atomic E-state index is 9.86. The van der Waals surface area contributed by atoms with Crippen LogP contribution in [-0.2, 0) is 6.54 Å². The summed E-state index contributed by atoms with van der Waals surface area (Å²) in [5, 5.41) is 29.0. The number of hydrogen-bond acceptors (Lipinski definition) is 5. The van der Waals surface area contributed by atoms with Gasteiger partial charge >= 0.3 is 0 Å². The zero-order chi connectivity index (χ0) is 13.3. The van der Waals surface area contributed by atoms with Gasteiger partial charge in [-0.2, -0.15) is 0 Å². The monoisotopic (exact) mass is 252 g/mol. The molecule has 100 valence electrons. The maximum absolute atomic E-state index is 9.86. The minimum Gasteiger partial charge on any atom is -0.395 e. The topological polar surface area (TPSA) is 76.8 Å². The van der Waals surface area contributed by atoms with Gasteiger partial charge in [0.25, 0.3) is 0 Å². The number of aliphatic hydroxyl groups excluding tert-OH is 3. The molecule has 5 heteroatoms. The van der Waals surface area contributed by atoms with Crippen LogP contribution in [0.15, 0.2) is 18.2 Å². The fourth-order valence-electron chi connectivity index (χ4n) is 2.56. The van der Waals surface area contributed by atoms with E-state index in [0.29, 0.717) is 6.54 Å². The molecule has 1 fully saturated rings. The van der Waals surface area contributed by atoms with Gasteiger partial charge in [-0.3, -0.25) is 9.88 Å². The molecule has 2 rings (SSSR count). The predicted octanol–water partition coefficient (Wildman–Crippen LogP) is -0.323. The fourth-order valence-corrected chi connectivity index (χ4v) is 2.56. The Bertz CT molecular complexity index is 413. The third-order valence-corrected chi connectivity index (χ3v) is 3.67. The Hall–Kier alpha value is -1.01. The van der Waals surface area contributed by atoms with Crippen LogP contribution in [-0.4, -0.2) is 56.1 Å². The van der Waals surface area contributed by atoms with E-state index in [2.05, 4.69) is 4.98 Å². The van der Waals surface area contributed by atoms with E-state index < -0.39 is 18.2 Å². The summed E-state index contributed by atoms with van der Waals surface area (Å²) in [5.74, 6) is 0. The Balaban J connectivity index is 2.17. The number of likely N-dealkylation sites (tertiary alicyclic amines) is 1. The van der Waals surface area contributed by atoms with Crippen LogP contribution in [0.2, 0.25) is 0 Å². The first-order valence-electron chi connectivity index (χ1n) is 6.20. The summed E-state index contributed by atoms with van der Waals surface area (Å²) in [7, 11) is 0. The molecule has 5 nitrogen and oxygen atoms in total. The normalized spacial score (nSPS) is 32.9. The van der Waals surface area contributed by atoms with Gasteiger partial charge < -0.3 is 15.3 Å². The van der Waals surface area contributed by atoms with Crippen molar-refractivity contribution in [3.8, 4) is 0 Å². The van der Waals surface area contributed by atoms with E-state index in [-0.39, 0.29) is 12.6 Å². The van der Waals surface area contributed by atoms with Crippen molar-refractivity contribution in [2.75, 3.05) is 6.61 Å². The van der Waals surface area contributed by atoms with E-state index >= 15 is 0 Å². The van der Waals surface area contributed by atoms with Gasteiger partial charge in [0, 0.05) is 18.3 Å². The van der Waals surface area contributed by atoms with Crippen LogP contribution in [0.4, 0.5) is 0 Å². The quantitative estimate of drug-likeness (QED) is 0.687. The van der Waals surface area contributed by atoms with Crippen LogP contribution in [0.1, 0.15) is 18.3 Å². The lowest BCUT2D eigenvalue weighted by atomic mass is 10.1. The predicted molar refractivity (Wildman–Crippen MR) is 66.9 cm³/mol. The molecule has 0 aliphatic carbocycles. The van der Waals surface area contributed by atoms with Gasteiger partial charge in [0.05, 0.1) is 30.6 Å². The van der Waals surface area contributed by atoms with E-state index in [1.807, 2.05) is 36.9 Å². The van der Waals surface area contributed by atoms with Crippen molar-refractivity contribution in [1.82, 2.24) is 9.88 Å². The van der Waals surface area contributed by atoms with Gasteiger partial charge in [0.2, 0.25) is 0 Å². The SMILES string of the molecule is Cc1cccc(CN2[C@H](CO)[C@@H](O)[C@@H](O)[C@@H]2C)n1. The van der Waals surface area contributed by atoms with Gasteiger partial charge in [0.1, 0.15) is 0 Å². The summed E-state index contributed by atoms with van der Waals surface area (Å²) in [6.45, 7) is 4.11. The van der Waals surface area contributed by atoms with Crippen LogP contribution in [0.3, 0.4) is 0 Å². The second-order valence-corrected chi connectivity index (χ2v) is 4.91.